The van der Waals surface area contributed by atoms with Gasteiger partial charge in [-0.3, -0.25) is 0 Å². The zero-order chi connectivity index (χ0) is 6.85. The molecule has 1 fully saturated rings. The highest BCUT2D eigenvalue weighted by Crippen LogP contribution is 2.13. The molecule has 0 saturated carbocycles. The Balaban J connectivity index is 2.41. The van der Waals surface area contributed by atoms with Gasteiger partial charge in [0.25, 0.3) is 0 Å². The Morgan fingerprint density at radius 2 is 2.22 bits per heavy atom. The molecule has 0 radical (unpaired) electrons. The molecule has 1 heterocycles. The van der Waals surface area contributed by atoms with E-state index in [0.29, 0.717) is 0 Å². The van der Waals surface area contributed by atoms with Crippen molar-refractivity contribution >= 4 is 0 Å². The summed E-state index contributed by atoms with van der Waals surface area (Å²) in [4.78, 5) is 0. The van der Waals surface area contributed by atoms with Crippen molar-refractivity contribution in [2.75, 3.05) is 13.7 Å². The van der Waals surface area contributed by atoms with Crippen LogP contribution in [0.3, 0.4) is 0 Å². The van der Waals surface area contributed by atoms with E-state index in [1.54, 1.807) is 0 Å². The number of aliphatic hydroxyl groups is 2. The molecule has 4 heteroatoms. The van der Waals surface area contributed by atoms with Crippen LogP contribution in [0.2, 0.25) is 0 Å². The second-order valence-electron chi connectivity index (χ2n) is 2.00. The molecule has 1 saturated heterocycles. The van der Waals surface area contributed by atoms with Crippen LogP contribution < -0.4 is 0 Å². The summed E-state index contributed by atoms with van der Waals surface area (Å²) in [5.41, 5.74) is 0. The molecule has 1 unspecified atom stereocenters. The Kier molecular flexibility index (Phi) is 2.02. The maximum atomic E-state index is 8.96. The average Bonchev–Trinajstić information content (AvgIpc) is 2.15. The van der Waals surface area contributed by atoms with E-state index in [1.165, 1.54) is 7.11 Å². The Hall–Kier alpha value is -0.160. The van der Waals surface area contributed by atoms with Crippen molar-refractivity contribution < 1.29 is 19.7 Å². The summed E-state index contributed by atoms with van der Waals surface area (Å²) in [6.07, 6.45) is -2.34. The van der Waals surface area contributed by atoms with Crippen LogP contribution in [0, 0.1) is 0 Å². The number of rotatable bonds is 1. The van der Waals surface area contributed by atoms with Gasteiger partial charge in [-0.2, -0.15) is 0 Å². The standard InChI is InChI=1S/C5H10O4/c1-8-5-4(7)3(6)2-9-5/h3-7H,2H2,1H3/t3-,4+,5?/m0/s1. The van der Waals surface area contributed by atoms with Crippen molar-refractivity contribution in [3.05, 3.63) is 0 Å². The molecule has 4 nitrogen and oxygen atoms in total. The molecule has 9 heavy (non-hydrogen) atoms. The molecule has 2 N–H and O–H groups in total. The van der Waals surface area contributed by atoms with Gasteiger partial charge in [-0.1, -0.05) is 0 Å². The van der Waals surface area contributed by atoms with Gasteiger partial charge in [0.1, 0.15) is 12.2 Å². The molecule has 0 aromatic heterocycles. The third kappa shape index (κ3) is 1.21. The summed E-state index contributed by atoms with van der Waals surface area (Å²) < 4.78 is 9.47. The Labute approximate surface area is 53.0 Å². The predicted molar refractivity (Wildman–Crippen MR) is 28.8 cm³/mol. The maximum Gasteiger partial charge on any atom is 0.185 e. The van der Waals surface area contributed by atoms with Gasteiger partial charge in [-0.25, -0.2) is 0 Å². The van der Waals surface area contributed by atoms with E-state index in [-0.39, 0.29) is 6.61 Å². The molecular weight excluding hydrogens is 124 g/mol. The largest absolute Gasteiger partial charge is 0.388 e. The van der Waals surface area contributed by atoms with E-state index in [2.05, 4.69) is 4.74 Å². The van der Waals surface area contributed by atoms with Crippen molar-refractivity contribution in [2.24, 2.45) is 0 Å². The summed E-state index contributed by atoms with van der Waals surface area (Å²) in [7, 11) is 1.42. The molecule has 0 spiro atoms. The zero-order valence-corrected chi connectivity index (χ0v) is 5.15. The van der Waals surface area contributed by atoms with Gasteiger partial charge in [0.2, 0.25) is 0 Å². The summed E-state index contributed by atoms with van der Waals surface area (Å²) in [6.45, 7) is 0.152. The number of ether oxygens (including phenoxy) is 2. The fraction of sp³-hybridized carbons (Fsp3) is 1.00. The SMILES string of the molecule is COC1OC[C@H](O)[C@H]1O. The minimum absolute atomic E-state index is 0.152. The Bertz CT molecular complexity index is 95.0. The number of hydrogen-bond donors (Lipinski definition) is 2. The lowest BCUT2D eigenvalue weighted by Crippen LogP contribution is -2.30. The summed E-state index contributed by atoms with van der Waals surface area (Å²) >= 11 is 0. The van der Waals surface area contributed by atoms with Crippen molar-refractivity contribution in [1.29, 1.82) is 0 Å². The number of aliphatic hydroxyl groups excluding tert-OH is 2. The van der Waals surface area contributed by atoms with Crippen LogP contribution in [-0.2, 0) is 9.47 Å². The lowest BCUT2D eigenvalue weighted by molar-refractivity contribution is -0.134. The molecule has 0 bridgehead atoms. The highest BCUT2D eigenvalue weighted by atomic mass is 16.7. The van der Waals surface area contributed by atoms with Crippen molar-refractivity contribution in [3.8, 4) is 0 Å². The van der Waals surface area contributed by atoms with Crippen molar-refractivity contribution in [3.63, 3.8) is 0 Å². The Morgan fingerprint density at radius 1 is 1.56 bits per heavy atom. The first kappa shape index (κ1) is 6.95. The second-order valence-corrected chi connectivity index (χ2v) is 2.00. The second kappa shape index (κ2) is 2.62. The third-order valence-corrected chi connectivity index (χ3v) is 1.34. The van der Waals surface area contributed by atoms with Crippen LogP contribution in [0.25, 0.3) is 0 Å². The van der Waals surface area contributed by atoms with E-state index >= 15 is 0 Å². The van der Waals surface area contributed by atoms with Crippen LogP contribution in [-0.4, -0.2) is 42.4 Å². The van der Waals surface area contributed by atoms with Crippen LogP contribution in [0.4, 0.5) is 0 Å². The van der Waals surface area contributed by atoms with Gasteiger partial charge in [0.05, 0.1) is 6.61 Å². The zero-order valence-electron chi connectivity index (χ0n) is 5.15. The van der Waals surface area contributed by atoms with E-state index in [1.807, 2.05) is 0 Å². The van der Waals surface area contributed by atoms with Crippen LogP contribution in [0.15, 0.2) is 0 Å². The minimum Gasteiger partial charge on any atom is -0.388 e. The molecule has 1 aliphatic heterocycles. The first-order valence-corrected chi connectivity index (χ1v) is 2.76. The lowest BCUT2D eigenvalue weighted by Gasteiger charge is -2.11. The van der Waals surface area contributed by atoms with Crippen molar-refractivity contribution in [2.45, 2.75) is 18.5 Å². The van der Waals surface area contributed by atoms with E-state index < -0.39 is 18.5 Å². The molecule has 3 atom stereocenters. The van der Waals surface area contributed by atoms with Gasteiger partial charge in [-0.15, -0.1) is 0 Å². The van der Waals surface area contributed by atoms with Crippen molar-refractivity contribution in [1.82, 2.24) is 0 Å². The molecular formula is C5H10O4. The third-order valence-electron chi connectivity index (χ3n) is 1.34. The molecule has 0 aromatic rings. The summed E-state index contributed by atoms with van der Waals surface area (Å²) in [5, 5.41) is 17.8. The van der Waals surface area contributed by atoms with Crippen LogP contribution in [0.1, 0.15) is 0 Å². The monoisotopic (exact) mass is 134 g/mol. The predicted octanol–water partition coefficient (Wildman–Crippen LogP) is -1.29. The highest BCUT2D eigenvalue weighted by molar-refractivity contribution is 4.76. The average molecular weight is 134 g/mol. The summed E-state index contributed by atoms with van der Waals surface area (Å²) in [6, 6.07) is 0. The van der Waals surface area contributed by atoms with Gasteiger partial charge < -0.3 is 19.7 Å². The lowest BCUT2D eigenvalue weighted by atomic mass is 10.2. The quantitative estimate of drug-likeness (QED) is 0.468. The highest BCUT2D eigenvalue weighted by Gasteiger charge is 2.34. The van der Waals surface area contributed by atoms with E-state index in [0.717, 1.165) is 0 Å². The minimum atomic E-state index is -0.894. The molecule has 0 amide bonds. The molecule has 54 valence electrons. The number of methoxy groups -OCH3 is 1. The summed E-state index contributed by atoms with van der Waals surface area (Å²) in [5.74, 6) is 0. The smallest absolute Gasteiger partial charge is 0.185 e. The van der Waals surface area contributed by atoms with Gasteiger partial charge in [0.15, 0.2) is 6.29 Å². The fourth-order valence-electron chi connectivity index (χ4n) is 0.779. The maximum absolute atomic E-state index is 8.96. The normalized spacial score (nSPS) is 43.7. The number of hydrogen-bond acceptors (Lipinski definition) is 4. The van der Waals surface area contributed by atoms with E-state index in [4.69, 9.17) is 14.9 Å². The van der Waals surface area contributed by atoms with Gasteiger partial charge >= 0.3 is 0 Å². The van der Waals surface area contributed by atoms with Crippen LogP contribution in [0.5, 0.6) is 0 Å². The van der Waals surface area contributed by atoms with Crippen LogP contribution >= 0.6 is 0 Å². The van der Waals surface area contributed by atoms with Gasteiger partial charge in [0, 0.05) is 7.11 Å². The van der Waals surface area contributed by atoms with Gasteiger partial charge in [-0.05, 0) is 0 Å². The fourth-order valence-corrected chi connectivity index (χ4v) is 0.779. The first-order valence-electron chi connectivity index (χ1n) is 2.76. The molecule has 1 aliphatic rings. The first-order chi connectivity index (χ1) is 4.25. The molecule has 1 rings (SSSR count). The van der Waals surface area contributed by atoms with E-state index in [9.17, 15) is 0 Å². The molecule has 0 aliphatic carbocycles. The topological polar surface area (TPSA) is 58.9 Å². The Morgan fingerprint density at radius 3 is 2.44 bits per heavy atom. The molecule has 0 aromatic carbocycles.